The highest BCUT2D eigenvalue weighted by molar-refractivity contribution is 6.32. The van der Waals surface area contributed by atoms with Gasteiger partial charge in [0.1, 0.15) is 28.8 Å². The van der Waals surface area contributed by atoms with Gasteiger partial charge in [-0.1, -0.05) is 35.3 Å². The number of hydrogen-bond acceptors (Lipinski definition) is 7. The van der Waals surface area contributed by atoms with Crippen LogP contribution in [0.15, 0.2) is 59.7 Å². The first-order valence-corrected chi connectivity index (χ1v) is 11.9. The monoisotopic (exact) mass is 551 g/mol. The molecule has 0 aliphatic carbocycles. The van der Waals surface area contributed by atoms with Crippen molar-refractivity contribution < 1.29 is 9.90 Å². The first-order chi connectivity index (χ1) is 18.2. The minimum atomic E-state index is -1.07. The molecule has 0 saturated carbocycles. The molecular weight excluding hydrogens is 533 g/mol. The Kier molecular flexibility index (Phi) is 6.66. The number of amides is 1. The second kappa shape index (κ2) is 10.1. The van der Waals surface area contributed by atoms with Gasteiger partial charge in [0, 0.05) is 35.0 Å². The van der Waals surface area contributed by atoms with Gasteiger partial charge in [-0.15, -0.1) is 5.10 Å². The Morgan fingerprint density at radius 3 is 2.53 bits per heavy atom. The van der Waals surface area contributed by atoms with Crippen LogP contribution < -0.4 is 10.5 Å². The molecule has 3 heterocycles. The quantitative estimate of drug-likeness (QED) is 0.321. The molecule has 2 aromatic carbocycles. The number of aryl methyl sites for hydroxylation is 1. The fourth-order valence-electron chi connectivity index (χ4n) is 3.90. The lowest BCUT2D eigenvalue weighted by Gasteiger charge is -2.13. The van der Waals surface area contributed by atoms with Gasteiger partial charge in [-0.3, -0.25) is 14.3 Å². The van der Waals surface area contributed by atoms with Gasteiger partial charge in [-0.2, -0.15) is 4.68 Å². The lowest BCUT2D eigenvalue weighted by Crippen LogP contribution is -2.24. The molecule has 0 aliphatic heterocycles. The molecule has 0 spiro atoms. The predicted octanol–water partition coefficient (Wildman–Crippen LogP) is 4.05. The number of rotatable bonds is 6. The molecule has 192 valence electrons. The Hall–Kier alpha value is -4.55. The molecule has 14 heteroatoms. The van der Waals surface area contributed by atoms with Gasteiger partial charge in [-0.05, 0) is 47.7 Å². The third-order valence-corrected chi connectivity index (χ3v) is 6.37. The molecule has 0 radical (unpaired) electrons. The van der Waals surface area contributed by atoms with E-state index >= 15 is 0 Å². The number of nitrogens with one attached hydrogen (secondary N) is 1. The van der Waals surface area contributed by atoms with E-state index in [1.807, 2.05) is 0 Å². The number of aromatic amines is 1. The molecule has 2 N–H and O–H groups in total. The molecule has 3 aromatic heterocycles. The van der Waals surface area contributed by atoms with Crippen LogP contribution in [0.4, 0.5) is 10.5 Å². The van der Waals surface area contributed by atoms with Crippen LogP contribution in [0, 0.1) is 6.92 Å². The Bertz CT molecular complexity index is 1700. The van der Waals surface area contributed by atoms with E-state index in [0.29, 0.717) is 55.7 Å². The van der Waals surface area contributed by atoms with Crippen molar-refractivity contribution in [2.24, 2.45) is 0 Å². The van der Waals surface area contributed by atoms with E-state index in [1.165, 1.54) is 28.7 Å². The van der Waals surface area contributed by atoms with Crippen molar-refractivity contribution in [3.8, 4) is 28.2 Å². The number of carboxylic acid groups (broad SMARTS) is 1. The number of benzene rings is 2. The highest BCUT2D eigenvalue weighted by Crippen LogP contribution is 2.29. The average molecular weight is 552 g/mol. The number of imidazole rings is 1. The summed E-state index contributed by atoms with van der Waals surface area (Å²) in [6, 6.07) is 13.3. The van der Waals surface area contributed by atoms with Crippen molar-refractivity contribution in [3.63, 3.8) is 0 Å². The standard InChI is InChI=1S/C24H19Cl2N9O3/c1-13-28-18(17-9-15(25)5-8-19(17)35-12-27-31-32-35)10-21(36)34(13)11-20-29-22(23(26)30-20)14-3-6-16(7-4-14)33(2)24(37)38/h3-10,12H,11H2,1-2H3,(H,29,30)(H,37,38). The second-order valence-electron chi connectivity index (χ2n) is 8.26. The van der Waals surface area contributed by atoms with E-state index in [-0.39, 0.29) is 12.1 Å². The van der Waals surface area contributed by atoms with Gasteiger partial charge in [-0.25, -0.2) is 14.8 Å². The summed E-state index contributed by atoms with van der Waals surface area (Å²) in [6.07, 6.45) is 0.372. The van der Waals surface area contributed by atoms with Gasteiger partial charge in [0.2, 0.25) is 0 Å². The molecule has 0 aliphatic rings. The Morgan fingerprint density at radius 2 is 1.87 bits per heavy atom. The fraction of sp³-hybridized carbons (Fsp3) is 0.125. The summed E-state index contributed by atoms with van der Waals surface area (Å²) < 4.78 is 2.93. The molecular formula is C24H19Cl2N9O3. The van der Waals surface area contributed by atoms with Crippen LogP contribution >= 0.6 is 23.2 Å². The lowest BCUT2D eigenvalue weighted by molar-refractivity contribution is 0.203. The third kappa shape index (κ3) is 4.86. The van der Waals surface area contributed by atoms with E-state index < -0.39 is 6.09 Å². The molecule has 5 aromatic rings. The maximum Gasteiger partial charge on any atom is 0.411 e. The summed E-state index contributed by atoms with van der Waals surface area (Å²) >= 11 is 12.6. The van der Waals surface area contributed by atoms with Crippen LogP contribution in [0.25, 0.3) is 28.2 Å². The van der Waals surface area contributed by atoms with Crippen LogP contribution in [-0.2, 0) is 6.54 Å². The summed E-state index contributed by atoms with van der Waals surface area (Å²) in [6.45, 7) is 1.82. The Balaban J connectivity index is 1.45. The number of H-pyrrole nitrogens is 1. The van der Waals surface area contributed by atoms with Crippen molar-refractivity contribution in [3.05, 3.63) is 87.0 Å². The molecule has 0 unspecified atom stereocenters. The molecule has 0 bridgehead atoms. The zero-order valence-electron chi connectivity index (χ0n) is 20.0. The molecule has 1 amide bonds. The minimum absolute atomic E-state index is 0.104. The molecule has 12 nitrogen and oxygen atoms in total. The molecule has 38 heavy (non-hydrogen) atoms. The van der Waals surface area contributed by atoms with Crippen molar-refractivity contribution >= 4 is 35.0 Å². The SMILES string of the molecule is Cc1nc(-c2cc(Cl)ccc2-n2cnnn2)cc(=O)n1Cc1nc(-c2ccc(N(C)C(=O)O)cc2)c(Cl)[nH]1. The third-order valence-electron chi connectivity index (χ3n) is 5.86. The highest BCUT2D eigenvalue weighted by atomic mass is 35.5. The van der Waals surface area contributed by atoms with E-state index in [4.69, 9.17) is 28.3 Å². The Labute approximate surface area is 225 Å². The predicted molar refractivity (Wildman–Crippen MR) is 141 cm³/mol. The van der Waals surface area contributed by atoms with E-state index in [2.05, 4.69) is 30.5 Å². The summed E-state index contributed by atoms with van der Waals surface area (Å²) in [5.41, 5.74) is 3.00. The maximum absolute atomic E-state index is 13.2. The van der Waals surface area contributed by atoms with Crippen LogP contribution in [0.2, 0.25) is 10.2 Å². The first-order valence-electron chi connectivity index (χ1n) is 11.1. The molecule has 0 fully saturated rings. The number of nitrogens with zero attached hydrogens (tertiary/aromatic N) is 8. The van der Waals surface area contributed by atoms with Crippen molar-refractivity contribution in [1.29, 1.82) is 0 Å². The summed E-state index contributed by atoms with van der Waals surface area (Å²) in [5, 5.41) is 21.2. The number of anilines is 1. The van der Waals surface area contributed by atoms with Crippen LogP contribution in [-0.4, -0.2) is 58.0 Å². The number of aromatic nitrogens is 8. The van der Waals surface area contributed by atoms with Crippen LogP contribution in [0.1, 0.15) is 11.6 Å². The largest absolute Gasteiger partial charge is 0.465 e. The number of tetrazole rings is 1. The zero-order valence-corrected chi connectivity index (χ0v) is 21.5. The highest BCUT2D eigenvalue weighted by Gasteiger charge is 2.17. The van der Waals surface area contributed by atoms with Crippen molar-refractivity contribution in [2.45, 2.75) is 13.5 Å². The average Bonchev–Trinajstić information content (AvgIpc) is 3.55. The van der Waals surface area contributed by atoms with Gasteiger partial charge < -0.3 is 10.1 Å². The second-order valence-corrected chi connectivity index (χ2v) is 9.08. The number of halogens is 2. The van der Waals surface area contributed by atoms with E-state index in [9.17, 15) is 9.59 Å². The minimum Gasteiger partial charge on any atom is -0.465 e. The van der Waals surface area contributed by atoms with E-state index in [0.717, 1.165) is 4.90 Å². The molecule has 5 rings (SSSR count). The van der Waals surface area contributed by atoms with Gasteiger partial charge in [0.05, 0.1) is 17.9 Å². The van der Waals surface area contributed by atoms with Gasteiger partial charge in [0.15, 0.2) is 0 Å². The van der Waals surface area contributed by atoms with Crippen LogP contribution in [0.5, 0.6) is 0 Å². The number of carbonyl (C=O) groups is 1. The van der Waals surface area contributed by atoms with Crippen molar-refractivity contribution in [1.82, 2.24) is 39.7 Å². The maximum atomic E-state index is 13.2. The van der Waals surface area contributed by atoms with Crippen molar-refractivity contribution in [2.75, 3.05) is 11.9 Å². The zero-order chi connectivity index (χ0) is 27.0. The summed E-state index contributed by atoms with van der Waals surface area (Å²) in [5.74, 6) is 0.902. The smallest absolute Gasteiger partial charge is 0.411 e. The van der Waals surface area contributed by atoms with E-state index in [1.54, 1.807) is 49.4 Å². The molecule has 0 atom stereocenters. The number of hydrogen-bond donors (Lipinski definition) is 2. The topological polar surface area (TPSA) is 148 Å². The first kappa shape index (κ1) is 25.1. The van der Waals surface area contributed by atoms with Gasteiger partial charge >= 0.3 is 6.09 Å². The van der Waals surface area contributed by atoms with Gasteiger partial charge in [0.25, 0.3) is 5.56 Å². The summed E-state index contributed by atoms with van der Waals surface area (Å²) in [7, 11) is 1.45. The summed E-state index contributed by atoms with van der Waals surface area (Å²) in [4.78, 5) is 37.6. The van der Waals surface area contributed by atoms with Crippen LogP contribution in [0.3, 0.4) is 0 Å². The fourth-order valence-corrected chi connectivity index (χ4v) is 4.34. The normalized spacial score (nSPS) is 11.1. The Morgan fingerprint density at radius 1 is 1.11 bits per heavy atom. The molecule has 0 saturated heterocycles. The lowest BCUT2D eigenvalue weighted by atomic mass is 10.1.